The third-order valence-corrected chi connectivity index (χ3v) is 5.03. The van der Waals surface area contributed by atoms with E-state index in [1.54, 1.807) is 22.6 Å². The van der Waals surface area contributed by atoms with Crippen molar-refractivity contribution in [2.24, 2.45) is 0 Å². The van der Waals surface area contributed by atoms with Crippen molar-refractivity contribution in [2.45, 2.75) is 13.8 Å². The standard InChI is InChI=1S/C21H24N6O3/c1-15-12-18(23-27(15)17-6-4-3-5-7-17)21(29)26-10-8-25(9-11-26)14-20(28)22-19-13-16(2)30-24-19/h3-7,12-13H,8-11,14H2,1-2H3,(H,22,24,28). The van der Waals surface area contributed by atoms with Crippen molar-refractivity contribution in [1.29, 1.82) is 0 Å². The van der Waals surface area contributed by atoms with E-state index in [4.69, 9.17) is 4.52 Å². The van der Waals surface area contributed by atoms with Gasteiger partial charge in [0.05, 0.1) is 12.2 Å². The van der Waals surface area contributed by atoms with Crippen molar-refractivity contribution in [3.8, 4) is 5.69 Å². The Labute approximate surface area is 174 Å². The maximum Gasteiger partial charge on any atom is 0.274 e. The maximum atomic E-state index is 12.9. The normalized spacial score (nSPS) is 14.7. The number of benzene rings is 1. The highest BCUT2D eigenvalue weighted by atomic mass is 16.5. The summed E-state index contributed by atoms with van der Waals surface area (Å²) in [6.45, 7) is 6.28. The van der Waals surface area contributed by atoms with Crippen LogP contribution in [0.25, 0.3) is 5.69 Å². The molecular formula is C21H24N6O3. The zero-order valence-electron chi connectivity index (χ0n) is 17.0. The number of rotatable bonds is 5. The molecule has 156 valence electrons. The van der Waals surface area contributed by atoms with Gasteiger partial charge in [-0.2, -0.15) is 5.10 Å². The van der Waals surface area contributed by atoms with Crippen LogP contribution in [0.15, 0.2) is 47.0 Å². The number of hydrogen-bond acceptors (Lipinski definition) is 6. The van der Waals surface area contributed by atoms with Gasteiger partial charge in [-0.3, -0.25) is 14.5 Å². The molecule has 0 atom stereocenters. The topological polar surface area (TPSA) is 96.5 Å². The molecule has 0 bridgehead atoms. The molecule has 30 heavy (non-hydrogen) atoms. The Morgan fingerprint density at radius 1 is 1.07 bits per heavy atom. The number of aromatic nitrogens is 3. The molecule has 2 amide bonds. The van der Waals surface area contributed by atoms with Crippen molar-refractivity contribution >= 4 is 17.6 Å². The minimum Gasteiger partial charge on any atom is -0.360 e. The quantitative estimate of drug-likeness (QED) is 0.692. The van der Waals surface area contributed by atoms with E-state index in [1.807, 2.05) is 48.2 Å². The van der Waals surface area contributed by atoms with E-state index in [0.29, 0.717) is 43.5 Å². The van der Waals surface area contributed by atoms with Gasteiger partial charge < -0.3 is 14.7 Å². The summed E-state index contributed by atoms with van der Waals surface area (Å²) in [5.74, 6) is 0.813. The number of amides is 2. The van der Waals surface area contributed by atoms with Crippen molar-refractivity contribution in [2.75, 3.05) is 38.0 Å². The van der Waals surface area contributed by atoms with Crippen LogP contribution < -0.4 is 5.32 Å². The summed E-state index contributed by atoms with van der Waals surface area (Å²) in [5, 5.41) is 11.0. The Hall–Kier alpha value is -3.46. The molecular weight excluding hydrogens is 384 g/mol. The molecule has 0 unspecified atom stereocenters. The molecule has 0 aliphatic carbocycles. The van der Waals surface area contributed by atoms with Crippen LogP contribution >= 0.6 is 0 Å². The summed E-state index contributed by atoms with van der Waals surface area (Å²) in [4.78, 5) is 28.9. The molecule has 3 aromatic rings. The number of nitrogens with zero attached hydrogens (tertiary/aromatic N) is 5. The van der Waals surface area contributed by atoms with E-state index in [1.165, 1.54) is 0 Å². The van der Waals surface area contributed by atoms with Crippen LogP contribution in [0, 0.1) is 13.8 Å². The lowest BCUT2D eigenvalue weighted by Gasteiger charge is -2.33. The summed E-state index contributed by atoms with van der Waals surface area (Å²) in [6.07, 6.45) is 0. The van der Waals surface area contributed by atoms with Gasteiger partial charge in [0, 0.05) is 37.9 Å². The van der Waals surface area contributed by atoms with E-state index < -0.39 is 0 Å². The molecule has 1 saturated heterocycles. The van der Waals surface area contributed by atoms with E-state index in [-0.39, 0.29) is 18.4 Å². The predicted molar refractivity (Wildman–Crippen MR) is 111 cm³/mol. The smallest absolute Gasteiger partial charge is 0.274 e. The highest BCUT2D eigenvalue weighted by Crippen LogP contribution is 2.14. The third kappa shape index (κ3) is 4.41. The first-order valence-corrected chi connectivity index (χ1v) is 9.86. The van der Waals surface area contributed by atoms with E-state index in [2.05, 4.69) is 15.6 Å². The number of para-hydroxylation sites is 1. The van der Waals surface area contributed by atoms with Gasteiger partial charge >= 0.3 is 0 Å². The second kappa shape index (κ2) is 8.50. The fraction of sp³-hybridized carbons (Fsp3) is 0.333. The Balaban J connectivity index is 1.32. The molecule has 4 rings (SSSR count). The van der Waals surface area contributed by atoms with Crippen molar-refractivity contribution in [3.63, 3.8) is 0 Å². The third-order valence-electron chi connectivity index (χ3n) is 5.03. The van der Waals surface area contributed by atoms with Crippen LogP contribution in [0.1, 0.15) is 21.9 Å². The van der Waals surface area contributed by atoms with Crippen LogP contribution in [-0.4, -0.2) is 69.3 Å². The van der Waals surface area contributed by atoms with Gasteiger partial charge in [-0.25, -0.2) is 4.68 Å². The largest absolute Gasteiger partial charge is 0.360 e. The molecule has 1 fully saturated rings. The molecule has 2 aromatic heterocycles. The van der Waals surface area contributed by atoms with Gasteiger partial charge in [0.2, 0.25) is 5.91 Å². The summed E-state index contributed by atoms with van der Waals surface area (Å²) in [6, 6.07) is 13.2. The second-order valence-electron chi connectivity index (χ2n) is 7.36. The first-order valence-electron chi connectivity index (χ1n) is 9.86. The van der Waals surface area contributed by atoms with Crippen LogP contribution in [0.4, 0.5) is 5.82 Å². The van der Waals surface area contributed by atoms with Crippen LogP contribution in [0.3, 0.4) is 0 Å². The van der Waals surface area contributed by atoms with E-state index in [0.717, 1.165) is 11.4 Å². The summed E-state index contributed by atoms with van der Waals surface area (Å²) < 4.78 is 6.72. The number of nitrogens with one attached hydrogen (secondary N) is 1. The predicted octanol–water partition coefficient (Wildman–Crippen LogP) is 1.87. The van der Waals surface area contributed by atoms with Gasteiger partial charge in [0.25, 0.3) is 5.91 Å². The first-order chi connectivity index (χ1) is 14.5. The minimum atomic E-state index is -0.152. The van der Waals surface area contributed by atoms with E-state index in [9.17, 15) is 9.59 Å². The van der Waals surface area contributed by atoms with Gasteiger partial charge in [-0.1, -0.05) is 23.4 Å². The zero-order chi connectivity index (χ0) is 21.1. The molecule has 1 aliphatic heterocycles. The molecule has 1 N–H and O–H groups in total. The van der Waals surface area contributed by atoms with Gasteiger partial charge in [-0.05, 0) is 32.0 Å². The number of anilines is 1. The molecule has 9 heteroatoms. The molecule has 1 aliphatic rings. The van der Waals surface area contributed by atoms with Crippen molar-refractivity contribution < 1.29 is 14.1 Å². The van der Waals surface area contributed by atoms with Crippen molar-refractivity contribution in [3.05, 3.63) is 59.6 Å². The number of carbonyl (C=O) groups is 2. The van der Waals surface area contributed by atoms with Gasteiger partial charge in [0.15, 0.2) is 11.5 Å². The average Bonchev–Trinajstić information content (AvgIpc) is 3.34. The number of aryl methyl sites for hydroxylation is 2. The van der Waals surface area contributed by atoms with Gasteiger partial charge in [-0.15, -0.1) is 0 Å². The minimum absolute atomic E-state index is 0.0880. The monoisotopic (exact) mass is 408 g/mol. The zero-order valence-corrected chi connectivity index (χ0v) is 17.0. The highest BCUT2D eigenvalue weighted by molar-refractivity contribution is 5.93. The highest BCUT2D eigenvalue weighted by Gasteiger charge is 2.25. The fourth-order valence-electron chi connectivity index (χ4n) is 3.49. The Morgan fingerprint density at radius 2 is 1.80 bits per heavy atom. The molecule has 0 radical (unpaired) electrons. The molecule has 9 nitrogen and oxygen atoms in total. The van der Waals surface area contributed by atoms with E-state index >= 15 is 0 Å². The average molecular weight is 408 g/mol. The number of carbonyl (C=O) groups excluding carboxylic acids is 2. The van der Waals surface area contributed by atoms with Crippen LogP contribution in [0.5, 0.6) is 0 Å². The summed E-state index contributed by atoms with van der Waals surface area (Å²) in [5.41, 5.74) is 2.26. The molecule has 0 saturated carbocycles. The lowest BCUT2D eigenvalue weighted by atomic mass is 10.2. The lowest BCUT2D eigenvalue weighted by Crippen LogP contribution is -2.50. The number of hydrogen-bond donors (Lipinski definition) is 1. The lowest BCUT2D eigenvalue weighted by molar-refractivity contribution is -0.117. The van der Waals surface area contributed by atoms with Crippen LogP contribution in [0.2, 0.25) is 0 Å². The molecule has 1 aromatic carbocycles. The fourth-order valence-corrected chi connectivity index (χ4v) is 3.49. The Morgan fingerprint density at radius 3 is 2.47 bits per heavy atom. The Bertz CT molecular complexity index is 1030. The maximum absolute atomic E-state index is 12.9. The van der Waals surface area contributed by atoms with Crippen LogP contribution in [-0.2, 0) is 4.79 Å². The molecule has 0 spiro atoms. The molecule has 3 heterocycles. The van der Waals surface area contributed by atoms with Gasteiger partial charge in [0.1, 0.15) is 5.76 Å². The van der Waals surface area contributed by atoms with Crippen molar-refractivity contribution in [1.82, 2.24) is 24.7 Å². The first kappa shape index (κ1) is 19.8. The second-order valence-corrected chi connectivity index (χ2v) is 7.36. The summed E-state index contributed by atoms with van der Waals surface area (Å²) >= 11 is 0. The Kier molecular flexibility index (Phi) is 5.62. The number of piperazine rings is 1. The summed E-state index contributed by atoms with van der Waals surface area (Å²) in [7, 11) is 0. The SMILES string of the molecule is Cc1cc(NC(=O)CN2CCN(C(=O)c3cc(C)n(-c4ccccc4)n3)CC2)no1.